The summed E-state index contributed by atoms with van der Waals surface area (Å²) in [6.07, 6.45) is 3.76. The van der Waals surface area contributed by atoms with E-state index >= 15 is 0 Å². The van der Waals surface area contributed by atoms with Crippen molar-refractivity contribution in [2.24, 2.45) is 5.92 Å². The highest BCUT2D eigenvalue weighted by atomic mass is 16.2. The van der Waals surface area contributed by atoms with Gasteiger partial charge in [-0.3, -0.25) is 9.69 Å². The first-order chi connectivity index (χ1) is 7.84. The van der Waals surface area contributed by atoms with Crippen LogP contribution in [0.1, 0.15) is 19.3 Å². The van der Waals surface area contributed by atoms with Gasteiger partial charge in [0.1, 0.15) is 0 Å². The molecule has 4 heteroatoms. The zero-order valence-electron chi connectivity index (χ0n) is 9.82. The lowest BCUT2D eigenvalue weighted by Gasteiger charge is -2.33. The van der Waals surface area contributed by atoms with Crippen LogP contribution in [0.2, 0.25) is 0 Å². The van der Waals surface area contributed by atoms with E-state index in [2.05, 4.69) is 15.1 Å². The monoisotopic (exact) mass is 223 g/mol. The molecule has 0 aromatic carbocycles. The molecule has 0 bridgehead atoms. The van der Waals surface area contributed by atoms with Crippen LogP contribution in [0.5, 0.6) is 0 Å². The summed E-state index contributed by atoms with van der Waals surface area (Å²) in [6, 6.07) is 0.652. The van der Waals surface area contributed by atoms with E-state index in [0.717, 1.165) is 32.6 Å². The summed E-state index contributed by atoms with van der Waals surface area (Å²) in [4.78, 5) is 16.9. The molecule has 0 radical (unpaired) electrons. The number of amides is 1. The first-order valence-corrected chi connectivity index (χ1v) is 6.58. The van der Waals surface area contributed by atoms with Gasteiger partial charge in [-0.25, -0.2) is 0 Å². The average Bonchev–Trinajstić information content (AvgIpc) is 2.53. The Morgan fingerprint density at radius 2 is 1.94 bits per heavy atom. The van der Waals surface area contributed by atoms with Gasteiger partial charge in [-0.2, -0.15) is 0 Å². The maximum Gasteiger partial charge on any atom is 0.228 e. The predicted octanol–water partition coefficient (Wildman–Crippen LogP) is -0.0975. The third kappa shape index (κ3) is 1.84. The van der Waals surface area contributed by atoms with Gasteiger partial charge in [-0.15, -0.1) is 0 Å². The lowest BCUT2D eigenvalue weighted by molar-refractivity contribution is -0.137. The Hall–Kier alpha value is -0.610. The van der Waals surface area contributed by atoms with E-state index in [1.807, 2.05) is 0 Å². The van der Waals surface area contributed by atoms with Gasteiger partial charge in [0.15, 0.2) is 0 Å². The van der Waals surface area contributed by atoms with Crippen LogP contribution in [0.4, 0.5) is 0 Å². The molecule has 0 aliphatic carbocycles. The second-order valence-electron chi connectivity index (χ2n) is 5.32. The summed E-state index contributed by atoms with van der Waals surface area (Å²) in [5.41, 5.74) is 0. The van der Waals surface area contributed by atoms with Crippen molar-refractivity contribution in [1.82, 2.24) is 15.1 Å². The minimum Gasteiger partial charge on any atom is -0.341 e. The highest BCUT2D eigenvalue weighted by Crippen LogP contribution is 2.22. The van der Waals surface area contributed by atoms with E-state index in [4.69, 9.17) is 0 Å². The van der Waals surface area contributed by atoms with E-state index in [1.165, 1.54) is 25.9 Å². The van der Waals surface area contributed by atoms with Crippen molar-refractivity contribution in [1.29, 1.82) is 0 Å². The summed E-state index contributed by atoms with van der Waals surface area (Å²) in [6.45, 7) is 6.18. The third-order valence-corrected chi connectivity index (χ3v) is 4.25. The van der Waals surface area contributed by atoms with Gasteiger partial charge in [0, 0.05) is 38.8 Å². The number of carbonyl (C=O) groups is 1. The number of hydrogen-bond acceptors (Lipinski definition) is 3. The van der Waals surface area contributed by atoms with Crippen LogP contribution in [0.15, 0.2) is 0 Å². The van der Waals surface area contributed by atoms with Crippen molar-refractivity contribution in [2.45, 2.75) is 25.3 Å². The number of hydrogen-bond donors (Lipinski definition) is 1. The molecule has 90 valence electrons. The van der Waals surface area contributed by atoms with Gasteiger partial charge >= 0.3 is 0 Å². The second-order valence-corrected chi connectivity index (χ2v) is 5.32. The topological polar surface area (TPSA) is 35.6 Å². The molecule has 16 heavy (non-hydrogen) atoms. The third-order valence-electron chi connectivity index (χ3n) is 4.25. The first-order valence-electron chi connectivity index (χ1n) is 6.58. The molecule has 3 fully saturated rings. The number of fused-ring (bicyclic) bond motifs is 1. The zero-order valence-corrected chi connectivity index (χ0v) is 9.82. The molecule has 3 saturated heterocycles. The number of nitrogens with one attached hydrogen (secondary N) is 1. The normalized spacial score (nSPS) is 32.0. The molecule has 0 spiro atoms. The molecule has 4 nitrogen and oxygen atoms in total. The number of carbonyl (C=O) groups excluding carboxylic acids is 1. The van der Waals surface area contributed by atoms with E-state index in [-0.39, 0.29) is 5.92 Å². The minimum absolute atomic E-state index is 0.271. The molecular formula is C12H21N3O. The van der Waals surface area contributed by atoms with Crippen molar-refractivity contribution >= 4 is 5.91 Å². The van der Waals surface area contributed by atoms with Gasteiger partial charge < -0.3 is 10.2 Å². The van der Waals surface area contributed by atoms with Gasteiger partial charge in [0.25, 0.3) is 0 Å². The Labute approximate surface area is 97.0 Å². The van der Waals surface area contributed by atoms with Crippen LogP contribution in [-0.4, -0.2) is 61.0 Å². The summed E-state index contributed by atoms with van der Waals surface area (Å²) in [5, 5.41) is 3.19. The Morgan fingerprint density at radius 1 is 1.12 bits per heavy atom. The van der Waals surface area contributed by atoms with Crippen LogP contribution in [0, 0.1) is 5.92 Å². The SMILES string of the molecule is O=C(C1CNC1)N1CCCN2CCCC2C1. The zero-order chi connectivity index (χ0) is 11.0. The van der Waals surface area contributed by atoms with Crippen molar-refractivity contribution in [3.05, 3.63) is 0 Å². The van der Waals surface area contributed by atoms with Crippen LogP contribution in [-0.2, 0) is 4.79 Å². The van der Waals surface area contributed by atoms with Crippen molar-refractivity contribution in [3.63, 3.8) is 0 Å². The van der Waals surface area contributed by atoms with Gasteiger partial charge in [0.05, 0.1) is 5.92 Å². The standard InChI is InChI=1S/C12H21N3O/c16-12(10-7-13-8-10)15-6-2-5-14-4-1-3-11(14)9-15/h10-11,13H,1-9H2. The Kier molecular flexibility index (Phi) is 2.86. The molecule has 3 aliphatic rings. The number of rotatable bonds is 1. The highest BCUT2D eigenvalue weighted by molar-refractivity contribution is 5.80. The average molecular weight is 223 g/mol. The summed E-state index contributed by atoms with van der Waals surface area (Å²) in [5.74, 6) is 0.667. The fraction of sp³-hybridized carbons (Fsp3) is 0.917. The summed E-state index contributed by atoms with van der Waals surface area (Å²) in [7, 11) is 0. The molecule has 0 aromatic rings. The smallest absolute Gasteiger partial charge is 0.228 e. The fourth-order valence-corrected chi connectivity index (χ4v) is 3.13. The molecule has 3 rings (SSSR count). The quantitative estimate of drug-likeness (QED) is 0.674. The molecule has 1 unspecified atom stereocenters. The largest absolute Gasteiger partial charge is 0.341 e. The highest BCUT2D eigenvalue weighted by Gasteiger charge is 2.34. The maximum absolute atomic E-state index is 12.2. The van der Waals surface area contributed by atoms with Crippen LogP contribution < -0.4 is 5.32 Å². The van der Waals surface area contributed by atoms with Crippen LogP contribution in [0.3, 0.4) is 0 Å². The second kappa shape index (κ2) is 4.34. The van der Waals surface area contributed by atoms with Gasteiger partial charge in [-0.05, 0) is 25.8 Å². The molecule has 1 N–H and O–H groups in total. The van der Waals surface area contributed by atoms with Crippen LogP contribution in [0.25, 0.3) is 0 Å². The lowest BCUT2D eigenvalue weighted by Crippen LogP contribution is -2.53. The Balaban J connectivity index is 1.63. The summed E-state index contributed by atoms with van der Waals surface area (Å²) >= 11 is 0. The Bertz CT molecular complexity index is 277. The van der Waals surface area contributed by atoms with Crippen molar-refractivity contribution in [2.75, 3.05) is 39.3 Å². The van der Waals surface area contributed by atoms with Crippen LogP contribution >= 0.6 is 0 Å². The van der Waals surface area contributed by atoms with Gasteiger partial charge in [-0.1, -0.05) is 0 Å². The molecule has 3 heterocycles. The lowest BCUT2D eigenvalue weighted by atomic mass is 10.0. The van der Waals surface area contributed by atoms with E-state index in [0.29, 0.717) is 11.9 Å². The van der Waals surface area contributed by atoms with E-state index < -0.39 is 0 Å². The van der Waals surface area contributed by atoms with Crippen molar-refractivity contribution in [3.8, 4) is 0 Å². The van der Waals surface area contributed by atoms with E-state index in [1.54, 1.807) is 0 Å². The predicted molar refractivity (Wildman–Crippen MR) is 62.2 cm³/mol. The first kappa shape index (κ1) is 10.5. The number of nitrogens with zero attached hydrogens (tertiary/aromatic N) is 2. The molecule has 1 amide bonds. The van der Waals surface area contributed by atoms with Gasteiger partial charge in [0.2, 0.25) is 5.91 Å². The molecule has 3 aliphatic heterocycles. The summed E-state index contributed by atoms with van der Waals surface area (Å²) < 4.78 is 0. The molecule has 0 aromatic heterocycles. The Morgan fingerprint density at radius 3 is 2.69 bits per heavy atom. The van der Waals surface area contributed by atoms with E-state index in [9.17, 15) is 4.79 Å². The fourth-order valence-electron chi connectivity index (χ4n) is 3.13. The molecular weight excluding hydrogens is 202 g/mol. The van der Waals surface area contributed by atoms with Crippen molar-refractivity contribution < 1.29 is 4.79 Å². The minimum atomic E-state index is 0.271. The molecule has 0 saturated carbocycles. The molecule has 1 atom stereocenters. The maximum atomic E-state index is 12.2.